The first-order valence-electron chi connectivity index (χ1n) is 9.30. The maximum absolute atomic E-state index is 12.6. The first kappa shape index (κ1) is 19.4. The minimum absolute atomic E-state index is 0.0235. The van der Waals surface area contributed by atoms with Crippen LogP contribution in [0.2, 0.25) is 0 Å². The highest BCUT2D eigenvalue weighted by Gasteiger charge is 2.28. The number of hydrogen-bond acceptors (Lipinski definition) is 5. The van der Waals surface area contributed by atoms with Crippen molar-refractivity contribution in [1.29, 1.82) is 0 Å². The minimum Gasteiger partial charge on any atom is -0.503 e. The number of aliphatic imine (C=N–C) groups is 1. The number of nitrogens with zero attached hydrogens (tertiary/aromatic N) is 1. The van der Waals surface area contributed by atoms with Crippen LogP contribution in [0.15, 0.2) is 77.0 Å². The van der Waals surface area contributed by atoms with E-state index < -0.39 is 5.97 Å². The van der Waals surface area contributed by atoms with E-state index in [-0.39, 0.29) is 30.3 Å². The van der Waals surface area contributed by atoms with Crippen LogP contribution in [0.4, 0.5) is 0 Å². The zero-order valence-corrected chi connectivity index (χ0v) is 16.0. The van der Waals surface area contributed by atoms with Crippen molar-refractivity contribution < 1.29 is 19.4 Å². The predicted molar refractivity (Wildman–Crippen MR) is 110 cm³/mol. The molecule has 2 aromatic carbocycles. The van der Waals surface area contributed by atoms with Gasteiger partial charge in [0.1, 0.15) is 0 Å². The average Bonchev–Trinajstić information content (AvgIpc) is 2.87. The molecule has 0 aliphatic carbocycles. The van der Waals surface area contributed by atoms with E-state index >= 15 is 0 Å². The molecule has 0 aromatic heterocycles. The third kappa shape index (κ3) is 4.14. The number of carbonyl (C=O) groups excluding carboxylic acids is 1. The fourth-order valence-corrected chi connectivity index (χ4v) is 3.03. The molecule has 1 aliphatic heterocycles. The third-order valence-electron chi connectivity index (χ3n) is 4.31. The number of rotatable bonds is 5. The summed E-state index contributed by atoms with van der Waals surface area (Å²) in [6.45, 7) is 4.05. The van der Waals surface area contributed by atoms with Crippen molar-refractivity contribution in [1.82, 2.24) is 0 Å². The van der Waals surface area contributed by atoms with Gasteiger partial charge < -0.3 is 14.6 Å². The van der Waals surface area contributed by atoms with Crippen molar-refractivity contribution in [3.05, 3.63) is 83.1 Å². The van der Waals surface area contributed by atoms with E-state index in [0.717, 1.165) is 16.7 Å². The first-order chi connectivity index (χ1) is 13.7. The van der Waals surface area contributed by atoms with E-state index in [0.29, 0.717) is 12.3 Å². The predicted octanol–water partition coefficient (Wildman–Crippen LogP) is 4.77. The molecule has 144 valence electrons. The SMILES string of the molecule is CCOC(=O)C1=C(O)C(OCC)=NC(c2ccccc2)=C(c2ccccc2)C1. The normalized spacial score (nSPS) is 14.4. The summed E-state index contributed by atoms with van der Waals surface area (Å²) >= 11 is 0. The first-order valence-corrected chi connectivity index (χ1v) is 9.30. The maximum atomic E-state index is 12.6. The molecule has 5 nitrogen and oxygen atoms in total. The van der Waals surface area contributed by atoms with Crippen LogP contribution in [0.5, 0.6) is 0 Å². The molecule has 0 fully saturated rings. The summed E-state index contributed by atoms with van der Waals surface area (Å²) in [4.78, 5) is 17.2. The Kier molecular flexibility index (Phi) is 6.27. The molecule has 1 heterocycles. The average molecular weight is 377 g/mol. The topological polar surface area (TPSA) is 68.1 Å². The molecular formula is C23H23NO4. The van der Waals surface area contributed by atoms with Crippen LogP contribution in [0.3, 0.4) is 0 Å². The standard InChI is InChI=1S/C23H23NO4/c1-3-27-22-21(25)19(23(26)28-4-2)15-18(16-11-7-5-8-12-16)20(24-22)17-13-9-6-10-14-17/h5-14,25H,3-4,15H2,1-2H3. The van der Waals surface area contributed by atoms with E-state index in [2.05, 4.69) is 4.99 Å². The summed E-state index contributed by atoms with van der Waals surface area (Å²) < 4.78 is 10.7. The Morgan fingerprint density at radius 1 is 0.964 bits per heavy atom. The number of hydrogen-bond donors (Lipinski definition) is 1. The molecule has 0 saturated heterocycles. The number of ether oxygens (including phenoxy) is 2. The highest BCUT2D eigenvalue weighted by atomic mass is 16.5. The van der Waals surface area contributed by atoms with Crippen molar-refractivity contribution in [3.63, 3.8) is 0 Å². The zero-order chi connectivity index (χ0) is 19.9. The van der Waals surface area contributed by atoms with Gasteiger partial charge in [0.05, 0.1) is 24.5 Å². The van der Waals surface area contributed by atoms with E-state index in [4.69, 9.17) is 9.47 Å². The summed E-state index contributed by atoms with van der Waals surface area (Å²) in [7, 11) is 0. The largest absolute Gasteiger partial charge is 0.503 e. The second kappa shape index (κ2) is 9.04. The maximum Gasteiger partial charge on any atom is 0.338 e. The van der Waals surface area contributed by atoms with Crippen LogP contribution in [0.1, 0.15) is 31.4 Å². The van der Waals surface area contributed by atoms with Crippen LogP contribution < -0.4 is 0 Å². The molecular weight excluding hydrogens is 354 g/mol. The molecule has 0 saturated carbocycles. The lowest BCUT2D eigenvalue weighted by molar-refractivity contribution is -0.138. The molecule has 0 spiro atoms. The van der Waals surface area contributed by atoms with E-state index in [1.165, 1.54) is 0 Å². The molecule has 28 heavy (non-hydrogen) atoms. The zero-order valence-electron chi connectivity index (χ0n) is 16.0. The third-order valence-corrected chi connectivity index (χ3v) is 4.31. The van der Waals surface area contributed by atoms with Gasteiger partial charge in [-0.3, -0.25) is 0 Å². The summed E-state index contributed by atoms with van der Waals surface area (Å²) in [6, 6.07) is 19.4. The number of benzene rings is 2. The molecule has 0 atom stereocenters. The number of aliphatic hydroxyl groups is 1. The van der Waals surface area contributed by atoms with Crippen LogP contribution in [-0.2, 0) is 14.3 Å². The van der Waals surface area contributed by atoms with Crippen LogP contribution >= 0.6 is 0 Å². The van der Waals surface area contributed by atoms with Crippen molar-refractivity contribution in [2.45, 2.75) is 20.3 Å². The summed E-state index contributed by atoms with van der Waals surface area (Å²) in [5.74, 6) is -0.829. The van der Waals surface area contributed by atoms with Crippen LogP contribution in [-0.4, -0.2) is 30.2 Å². The van der Waals surface area contributed by atoms with Crippen LogP contribution in [0.25, 0.3) is 11.3 Å². The van der Waals surface area contributed by atoms with Gasteiger partial charge in [-0.05, 0) is 25.0 Å². The van der Waals surface area contributed by atoms with Crippen molar-refractivity contribution >= 4 is 23.1 Å². The molecule has 0 unspecified atom stereocenters. The van der Waals surface area contributed by atoms with Crippen molar-refractivity contribution in [2.24, 2.45) is 4.99 Å². The Bertz CT molecular complexity index is 928. The highest BCUT2D eigenvalue weighted by Crippen LogP contribution is 2.36. The summed E-state index contributed by atoms with van der Waals surface area (Å²) in [6.07, 6.45) is 0.180. The fourth-order valence-electron chi connectivity index (χ4n) is 3.03. The quantitative estimate of drug-likeness (QED) is 0.762. The van der Waals surface area contributed by atoms with Gasteiger partial charge in [0, 0.05) is 12.0 Å². The number of aliphatic hydroxyl groups excluding tert-OH is 1. The lowest BCUT2D eigenvalue weighted by Crippen LogP contribution is -2.16. The summed E-state index contributed by atoms with van der Waals surface area (Å²) in [5.41, 5.74) is 3.39. The lowest BCUT2D eigenvalue weighted by atomic mass is 9.94. The fraction of sp³-hybridized carbons (Fsp3) is 0.217. The molecule has 0 bridgehead atoms. The van der Waals surface area contributed by atoms with Gasteiger partial charge in [0.25, 0.3) is 5.90 Å². The van der Waals surface area contributed by atoms with E-state index in [1.54, 1.807) is 13.8 Å². The molecule has 0 radical (unpaired) electrons. The summed E-state index contributed by atoms with van der Waals surface area (Å²) in [5, 5.41) is 10.8. The molecule has 5 heteroatoms. The number of allylic oxidation sites excluding steroid dienone is 1. The molecule has 1 aliphatic rings. The van der Waals surface area contributed by atoms with E-state index in [9.17, 15) is 9.90 Å². The second-order valence-corrected chi connectivity index (χ2v) is 6.13. The van der Waals surface area contributed by atoms with Crippen molar-refractivity contribution in [2.75, 3.05) is 13.2 Å². The Hall–Kier alpha value is -3.34. The molecule has 0 amide bonds. The lowest BCUT2D eigenvalue weighted by Gasteiger charge is -2.13. The van der Waals surface area contributed by atoms with Gasteiger partial charge >= 0.3 is 5.97 Å². The van der Waals surface area contributed by atoms with E-state index in [1.807, 2.05) is 60.7 Å². The van der Waals surface area contributed by atoms with Gasteiger partial charge in [0.2, 0.25) is 0 Å². The Balaban J connectivity index is 2.25. The second-order valence-electron chi connectivity index (χ2n) is 6.13. The van der Waals surface area contributed by atoms with Crippen molar-refractivity contribution in [3.8, 4) is 0 Å². The molecule has 1 N–H and O–H groups in total. The smallest absolute Gasteiger partial charge is 0.338 e. The Labute approximate surface area is 164 Å². The van der Waals surface area contributed by atoms with Gasteiger partial charge in [0.15, 0.2) is 5.76 Å². The number of esters is 1. The number of carbonyl (C=O) groups is 1. The highest BCUT2D eigenvalue weighted by molar-refractivity contribution is 6.09. The van der Waals surface area contributed by atoms with Gasteiger partial charge in [-0.1, -0.05) is 60.7 Å². The monoisotopic (exact) mass is 377 g/mol. The van der Waals surface area contributed by atoms with Gasteiger partial charge in [-0.2, -0.15) is 0 Å². The molecule has 3 rings (SSSR count). The minimum atomic E-state index is -0.574. The Morgan fingerprint density at radius 2 is 1.57 bits per heavy atom. The van der Waals surface area contributed by atoms with Crippen LogP contribution in [0, 0.1) is 0 Å². The van der Waals surface area contributed by atoms with Gasteiger partial charge in [-0.15, -0.1) is 0 Å². The van der Waals surface area contributed by atoms with Gasteiger partial charge in [-0.25, -0.2) is 9.79 Å². The Morgan fingerprint density at radius 3 is 2.14 bits per heavy atom. The molecule has 2 aromatic rings.